The number of carbonyl (C=O) groups is 1. The highest BCUT2D eigenvalue weighted by atomic mass is 35.5. The highest BCUT2D eigenvalue weighted by Crippen LogP contribution is 2.25. The molecule has 5 heteroatoms. The zero-order valence-corrected chi connectivity index (χ0v) is 10.4. The first-order valence-corrected chi connectivity index (χ1v) is 5.77. The zero-order chi connectivity index (χ0) is 13.1. The molecule has 1 N–H and O–H groups in total. The van der Waals surface area contributed by atoms with Gasteiger partial charge in [0.25, 0.3) is 0 Å². The summed E-state index contributed by atoms with van der Waals surface area (Å²) in [6.07, 6.45) is 3.09. The van der Waals surface area contributed by atoms with E-state index < -0.39 is 11.9 Å². The maximum Gasteiger partial charge on any atom is 0.310 e. The average Bonchev–Trinajstić information content (AvgIpc) is 2.38. The first-order valence-electron chi connectivity index (χ1n) is 5.39. The minimum atomic E-state index is -0.847. The maximum atomic E-state index is 10.9. The Hall–Kier alpha value is -1.94. The molecular formula is C13H11ClN2O2. The highest BCUT2D eigenvalue weighted by molar-refractivity contribution is 6.31. The summed E-state index contributed by atoms with van der Waals surface area (Å²) in [5.74, 6) is -1.38. The van der Waals surface area contributed by atoms with Gasteiger partial charge >= 0.3 is 5.97 Å². The number of nitrogens with zero attached hydrogens (tertiary/aromatic N) is 2. The number of hydrogen-bond acceptors (Lipinski definition) is 3. The van der Waals surface area contributed by atoms with Crippen LogP contribution in [0.3, 0.4) is 0 Å². The highest BCUT2D eigenvalue weighted by Gasteiger charge is 2.13. The third-order valence-corrected chi connectivity index (χ3v) is 2.98. The summed E-state index contributed by atoms with van der Waals surface area (Å²) >= 11 is 5.94. The van der Waals surface area contributed by atoms with Gasteiger partial charge in [0.15, 0.2) is 5.15 Å². The molecule has 0 spiro atoms. The first kappa shape index (κ1) is 12.5. The predicted octanol–water partition coefficient (Wildman–Crippen LogP) is 2.99. The van der Waals surface area contributed by atoms with Crippen LogP contribution in [-0.2, 0) is 4.79 Å². The van der Waals surface area contributed by atoms with Crippen molar-refractivity contribution in [1.29, 1.82) is 0 Å². The van der Waals surface area contributed by atoms with Crippen LogP contribution in [0, 0.1) is 0 Å². The number of rotatable bonds is 3. The monoisotopic (exact) mass is 262 g/mol. The van der Waals surface area contributed by atoms with Crippen molar-refractivity contribution in [2.24, 2.45) is 0 Å². The van der Waals surface area contributed by atoms with Crippen LogP contribution in [0.4, 0.5) is 0 Å². The molecule has 1 heterocycles. The number of carboxylic acid groups (broad SMARTS) is 1. The number of halogens is 1. The van der Waals surface area contributed by atoms with Gasteiger partial charge in [-0.25, -0.2) is 4.98 Å². The number of hydrogen-bond donors (Lipinski definition) is 1. The molecule has 18 heavy (non-hydrogen) atoms. The Bertz CT molecular complexity index is 569. The van der Waals surface area contributed by atoms with Crippen LogP contribution in [0.25, 0.3) is 11.3 Å². The third kappa shape index (κ3) is 2.49. The molecule has 0 aliphatic heterocycles. The molecule has 2 rings (SSSR count). The van der Waals surface area contributed by atoms with Crippen molar-refractivity contribution in [2.45, 2.75) is 12.8 Å². The van der Waals surface area contributed by atoms with E-state index in [4.69, 9.17) is 16.7 Å². The molecule has 0 bridgehead atoms. The van der Waals surface area contributed by atoms with Gasteiger partial charge in [0.05, 0.1) is 5.92 Å². The molecular weight excluding hydrogens is 252 g/mol. The van der Waals surface area contributed by atoms with Gasteiger partial charge in [0.2, 0.25) is 0 Å². The van der Waals surface area contributed by atoms with Crippen molar-refractivity contribution < 1.29 is 9.90 Å². The Morgan fingerprint density at radius 1 is 1.22 bits per heavy atom. The second kappa shape index (κ2) is 5.14. The standard InChI is InChI=1S/C13H11ClN2O2/c1-8(13(17)18)9-2-4-10(5-3-9)11-12(14)16-7-6-15-11/h2-8H,1H3,(H,17,18). The molecule has 0 fully saturated rings. The zero-order valence-electron chi connectivity index (χ0n) is 9.67. The molecule has 0 amide bonds. The topological polar surface area (TPSA) is 63.1 Å². The molecule has 0 aliphatic rings. The van der Waals surface area contributed by atoms with Crippen molar-refractivity contribution >= 4 is 17.6 Å². The van der Waals surface area contributed by atoms with Crippen molar-refractivity contribution in [3.05, 3.63) is 47.4 Å². The Kier molecular flexibility index (Phi) is 3.58. The van der Waals surface area contributed by atoms with E-state index >= 15 is 0 Å². The molecule has 0 saturated carbocycles. The van der Waals surface area contributed by atoms with Crippen LogP contribution < -0.4 is 0 Å². The van der Waals surface area contributed by atoms with Crippen molar-refractivity contribution in [3.63, 3.8) is 0 Å². The van der Waals surface area contributed by atoms with Crippen LogP contribution >= 0.6 is 11.6 Å². The second-order valence-electron chi connectivity index (χ2n) is 3.88. The van der Waals surface area contributed by atoms with E-state index in [0.29, 0.717) is 10.8 Å². The lowest BCUT2D eigenvalue weighted by Gasteiger charge is -2.08. The van der Waals surface area contributed by atoms with Crippen molar-refractivity contribution in [1.82, 2.24) is 9.97 Å². The van der Waals surface area contributed by atoms with E-state index in [9.17, 15) is 4.79 Å². The molecule has 0 aliphatic carbocycles. The Balaban J connectivity index is 2.34. The normalized spacial score (nSPS) is 12.1. The van der Waals surface area contributed by atoms with Crippen molar-refractivity contribution in [2.75, 3.05) is 0 Å². The van der Waals surface area contributed by atoms with Crippen LogP contribution in [-0.4, -0.2) is 21.0 Å². The fourth-order valence-corrected chi connectivity index (χ4v) is 1.80. The van der Waals surface area contributed by atoms with Gasteiger partial charge in [0, 0.05) is 18.0 Å². The van der Waals surface area contributed by atoms with Gasteiger partial charge in [0.1, 0.15) is 5.69 Å². The van der Waals surface area contributed by atoms with Gasteiger partial charge in [-0.05, 0) is 12.5 Å². The smallest absolute Gasteiger partial charge is 0.310 e. The van der Waals surface area contributed by atoms with E-state index in [0.717, 1.165) is 11.1 Å². The average molecular weight is 263 g/mol. The summed E-state index contributed by atoms with van der Waals surface area (Å²) in [4.78, 5) is 19.0. The van der Waals surface area contributed by atoms with Gasteiger partial charge in [-0.15, -0.1) is 0 Å². The van der Waals surface area contributed by atoms with Gasteiger partial charge in [-0.3, -0.25) is 9.78 Å². The lowest BCUT2D eigenvalue weighted by atomic mass is 9.99. The number of carboxylic acids is 1. The number of benzene rings is 1. The number of aliphatic carboxylic acids is 1. The van der Waals surface area contributed by atoms with E-state index in [1.807, 2.05) is 0 Å². The first-order chi connectivity index (χ1) is 8.59. The molecule has 0 saturated heterocycles. The third-order valence-electron chi connectivity index (χ3n) is 2.71. The second-order valence-corrected chi connectivity index (χ2v) is 4.24. The van der Waals surface area contributed by atoms with Crippen LogP contribution in [0.2, 0.25) is 5.15 Å². The largest absolute Gasteiger partial charge is 0.481 e. The summed E-state index contributed by atoms with van der Waals surface area (Å²) in [5, 5.41) is 9.25. The fraction of sp³-hybridized carbons (Fsp3) is 0.154. The minimum Gasteiger partial charge on any atom is -0.481 e. The molecule has 0 radical (unpaired) electrons. The molecule has 1 atom stereocenters. The molecule has 1 aromatic heterocycles. The van der Waals surface area contributed by atoms with Crippen LogP contribution in [0.5, 0.6) is 0 Å². The molecule has 1 unspecified atom stereocenters. The molecule has 92 valence electrons. The summed E-state index contributed by atoms with van der Waals surface area (Å²) in [6.45, 7) is 1.65. The lowest BCUT2D eigenvalue weighted by Crippen LogP contribution is -2.07. The quantitative estimate of drug-likeness (QED) is 0.924. The predicted molar refractivity (Wildman–Crippen MR) is 68.5 cm³/mol. The molecule has 1 aromatic carbocycles. The van der Waals surface area contributed by atoms with Gasteiger partial charge in [-0.1, -0.05) is 35.9 Å². The lowest BCUT2D eigenvalue weighted by molar-refractivity contribution is -0.138. The Morgan fingerprint density at radius 3 is 2.39 bits per heavy atom. The maximum absolute atomic E-state index is 10.9. The minimum absolute atomic E-state index is 0.330. The molecule has 4 nitrogen and oxygen atoms in total. The summed E-state index contributed by atoms with van der Waals surface area (Å²) in [6, 6.07) is 7.12. The summed E-state index contributed by atoms with van der Waals surface area (Å²) in [7, 11) is 0. The SMILES string of the molecule is CC(C(=O)O)c1ccc(-c2nccnc2Cl)cc1. The molecule has 2 aromatic rings. The summed E-state index contributed by atoms with van der Waals surface area (Å²) in [5.41, 5.74) is 2.15. The van der Waals surface area contributed by atoms with Crippen LogP contribution in [0.15, 0.2) is 36.7 Å². The Labute approximate surface area is 109 Å². The van der Waals surface area contributed by atoms with Crippen molar-refractivity contribution in [3.8, 4) is 11.3 Å². The summed E-state index contributed by atoms with van der Waals surface area (Å²) < 4.78 is 0. The number of aromatic nitrogens is 2. The van der Waals surface area contributed by atoms with E-state index in [1.54, 1.807) is 37.4 Å². The van der Waals surface area contributed by atoms with Gasteiger partial charge in [-0.2, -0.15) is 0 Å². The van der Waals surface area contributed by atoms with E-state index in [2.05, 4.69) is 9.97 Å². The van der Waals surface area contributed by atoms with Crippen LogP contribution in [0.1, 0.15) is 18.4 Å². The van der Waals surface area contributed by atoms with E-state index in [1.165, 1.54) is 6.20 Å². The Morgan fingerprint density at radius 2 is 1.83 bits per heavy atom. The van der Waals surface area contributed by atoms with E-state index in [-0.39, 0.29) is 0 Å². The van der Waals surface area contributed by atoms with Gasteiger partial charge < -0.3 is 5.11 Å². The fourth-order valence-electron chi connectivity index (χ4n) is 1.59.